The van der Waals surface area contributed by atoms with Crippen LogP contribution in [0, 0.1) is 0 Å². The Hall–Kier alpha value is -4.14. The summed E-state index contributed by atoms with van der Waals surface area (Å²) in [4.78, 5) is 33.3. The fourth-order valence-electron chi connectivity index (χ4n) is 3.82. The Labute approximate surface area is 178 Å². The van der Waals surface area contributed by atoms with E-state index >= 15 is 0 Å². The highest BCUT2D eigenvalue weighted by molar-refractivity contribution is 6.00. The number of para-hydroxylation sites is 1. The molecule has 156 valence electrons. The molecule has 2 aliphatic rings. The van der Waals surface area contributed by atoms with Crippen molar-refractivity contribution in [3.63, 3.8) is 0 Å². The van der Waals surface area contributed by atoms with Crippen LogP contribution >= 0.6 is 0 Å². The second kappa shape index (κ2) is 7.60. The first-order chi connectivity index (χ1) is 15.1. The maximum Gasteiger partial charge on any atom is 0.253 e. The molecule has 5 N–H and O–H groups in total. The molecule has 2 aromatic carbocycles. The van der Waals surface area contributed by atoms with Crippen molar-refractivity contribution in [2.75, 3.05) is 29.5 Å². The SMILES string of the molecule is CNC(=O)c1ccccc1Nc1nc(Nc2ccc3c(c2)CNC3=O)nc2c1CCN2. The number of hydrogen-bond donors (Lipinski definition) is 5. The molecule has 0 spiro atoms. The van der Waals surface area contributed by atoms with Gasteiger partial charge in [-0.1, -0.05) is 12.1 Å². The molecule has 9 heteroatoms. The van der Waals surface area contributed by atoms with Crippen LogP contribution in [0.25, 0.3) is 0 Å². The van der Waals surface area contributed by atoms with Gasteiger partial charge in [0.15, 0.2) is 0 Å². The monoisotopic (exact) mass is 415 g/mol. The summed E-state index contributed by atoms with van der Waals surface area (Å²) in [5.41, 5.74) is 4.60. The Morgan fingerprint density at radius 2 is 1.94 bits per heavy atom. The highest BCUT2D eigenvalue weighted by Crippen LogP contribution is 2.32. The number of benzene rings is 2. The minimum absolute atomic E-state index is 0.0548. The number of carbonyl (C=O) groups is 2. The molecule has 0 bridgehead atoms. The molecular weight excluding hydrogens is 394 g/mol. The van der Waals surface area contributed by atoms with E-state index in [0.29, 0.717) is 35.1 Å². The average molecular weight is 415 g/mol. The lowest BCUT2D eigenvalue weighted by molar-refractivity contribution is 0.0956. The second-order valence-corrected chi connectivity index (χ2v) is 7.33. The molecule has 5 rings (SSSR count). The van der Waals surface area contributed by atoms with E-state index < -0.39 is 0 Å². The number of nitrogens with one attached hydrogen (secondary N) is 5. The first-order valence-electron chi connectivity index (χ1n) is 10.0. The molecule has 0 unspecified atom stereocenters. The highest BCUT2D eigenvalue weighted by Gasteiger charge is 2.22. The zero-order chi connectivity index (χ0) is 21.4. The first kappa shape index (κ1) is 18.9. The summed E-state index contributed by atoms with van der Waals surface area (Å²) in [7, 11) is 1.60. The number of anilines is 5. The zero-order valence-electron chi connectivity index (χ0n) is 16.9. The van der Waals surface area contributed by atoms with E-state index in [1.165, 1.54) is 0 Å². The van der Waals surface area contributed by atoms with Crippen molar-refractivity contribution >= 4 is 40.8 Å². The van der Waals surface area contributed by atoms with Crippen LogP contribution in [-0.4, -0.2) is 35.4 Å². The molecule has 31 heavy (non-hydrogen) atoms. The molecule has 1 aromatic heterocycles. The van der Waals surface area contributed by atoms with Crippen molar-refractivity contribution in [1.29, 1.82) is 0 Å². The van der Waals surface area contributed by atoms with E-state index in [4.69, 9.17) is 0 Å². The Morgan fingerprint density at radius 3 is 2.81 bits per heavy atom. The van der Waals surface area contributed by atoms with Crippen molar-refractivity contribution in [2.24, 2.45) is 0 Å². The van der Waals surface area contributed by atoms with E-state index in [-0.39, 0.29) is 11.8 Å². The van der Waals surface area contributed by atoms with Crippen LogP contribution in [0.4, 0.5) is 29.0 Å². The van der Waals surface area contributed by atoms with Crippen LogP contribution < -0.4 is 26.6 Å². The fraction of sp³-hybridized carbons (Fsp3) is 0.182. The molecule has 3 heterocycles. The van der Waals surface area contributed by atoms with Gasteiger partial charge in [-0.15, -0.1) is 0 Å². The summed E-state index contributed by atoms with van der Waals surface area (Å²) in [5, 5.41) is 15.3. The number of hydrogen-bond acceptors (Lipinski definition) is 7. The number of rotatable bonds is 5. The molecule has 0 aliphatic carbocycles. The van der Waals surface area contributed by atoms with E-state index in [1.54, 1.807) is 19.2 Å². The lowest BCUT2D eigenvalue weighted by Crippen LogP contribution is -2.19. The molecule has 0 atom stereocenters. The summed E-state index contributed by atoms with van der Waals surface area (Å²) in [5.74, 6) is 1.60. The van der Waals surface area contributed by atoms with Gasteiger partial charge < -0.3 is 26.6 Å². The zero-order valence-corrected chi connectivity index (χ0v) is 16.9. The summed E-state index contributed by atoms with van der Waals surface area (Å²) in [6.45, 7) is 1.28. The number of fused-ring (bicyclic) bond motifs is 2. The van der Waals surface area contributed by atoms with Crippen LogP contribution in [0.5, 0.6) is 0 Å². The Bertz CT molecular complexity index is 1210. The summed E-state index contributed by atoms with van der Waals surface area (Å²) < 4.78 is 0. The number of amides is 2. The van der Waals surface area contributed by atoms with Crippen molar-refractivity contribution in [3.8, 4) is 0 Å². The molecule has 9 nitrogen and oxygen atoms in total. The standard InChI is InChI=1S/C22H21N7O2/c1-23-20(30)15-4-2-3-5-17(15)27-19-16-8-9-24-18(16)28-22(29-19)26-13-6-7-14-12(10-13)11-25-21(14)31/h2-7,10H,8-9,11H2,1H3,(H,23,30)(H,25,31)(H3,24,26,27,28,29). The van der Waals surface area contributed by atoms with Gasteiger partial charge in [0.05, 0.1) is 11.3 Å². The molecule has 0 saturated heterocycles. The van der Waals surface area contributed by atoms with Crippen LogP contribution in [0.3, 0.4) is 0 Å². The van der Waals surface area contributed by atoms with E-state index in [1.807, 2.05) is 30.3 Å². The van der Waals surface area contributed by atoms with Gasteiger partial charge in [0, 0.05) is 37.0 Å². The van der Waals surface area contributed by atoms with Gasteiger partial charge in [-0.25, -0.2) is 0 Å². The largest absolute Gasteiger partial charge is 0.369 e. The minimum atomic E-state index is -0.174. The van der Waals surface area contributed by atoms with Crippen LogP contribution in [0.1, 0.15) is 31.8 Å². The third-order valence-corrected chi connectivity index (χ3v) is 5.37. The van der Waals surface area contributed by atoms with Crippen molar-refractivity contribution in [2.45, 2.75) is 13.0 Å². The van der Waals surface area contributed by atoms with Crippen LogP contribution in [0.15, 0.2) is 42.5 Å². The van der Waals surface area contributed by atoms with Crippen LogP contribution in [0.2, 0.25) is 0 Å². The second-order valence-electron chi connectivity index (χ2n) is 7.33. The summed E-state index contributed by atoms with van der Waals surface area (Å²) in [6.07, 6.45) is 0.784. The van der Waals surface area contributed by atoms with Crippen LogP contribution in [-0.2, 0) is 13.0 Å². The number of aromatic nitrogens is 2. The quantitative estimate of drug-likeness (QED) is 0.434. The average Bonchev–Trinajstić information content (AvgIpc) is 3.40. The third-order valence-electron chi connectivity index (χ3n) is 5.37. The van der Waals surface area contributed by atoms with Gasteiger partial charge in [0.1, 0.15) is 11.6 Å². The summed E-state index contributed by atoms with van der Waals surface area (Å²) >= 11 is 0. The topological polar surface area (TPSA) is 120 Å². The molecular formula is C22H21N7O2. The van der Waals surface area contributed by atoms with Crippen molar-refractivity contribution < 1.29 is 9.59 Å². The fourth-order valence-corrected chi connectivity index (χ4v) is 3.82. The first-order valence-corrected chi connectivity index (χ1v) is 10.0. The van der Waals surface area contributed by atoms with E-state index in [0.717, 1.165) is 35.6 Å². The van der Waals surface area contributed by atoms with Gasteiger partial charge in [0.2, 0.25) is 5.95 Å². The normalized spacial score (nSPS) is 13.6. The lowest BCUT2D eigenvalue weighted by atomic mass is 10.1. The Balaban J connectivity index is 1.48. The predicted molar refractivity (Wildman–Crippen MR) is 118 cm³/mol. The molecule has 2 amide bonds. The van der Waals surface area contributed by atoms with Gasteiger partial charge in [-0.3, -0.25) is 9.59 Å². The maximum atomic E-state index is 12.2. The molecule has 0 saturated carbocycles. The van der Waals surface area contributed by atoms with Gasteiger partial charge in [-0.2, -0.15) is 9.97 Å². The number of carbonyl (C=O) groups excluding carboxylic acids is 2. The summed E-state index contributed by atoms with van der Waals surface area (Å²) in [6, 6.07) is 12.9. The van der Waals surface area contributed by atoms with Gasteiger partial charge in [0.25, 0.3) is 11.8 Å². The maximum absolute atomic E-state index is 12.2. The highest BCUT2D eigenvalue weighted by atomic mass is 16.2. The van der Waals surface area contributed by atoms with E-state index in [9.17, 15) is 9.59 Å². The van der Waals surface area contributed by atoms with E-state index in [2.05, 4.69) is 36.6 Å². The van der Waals surface area contributed by atoms with Gasteiger partial charge in [-0.05, 0) is 42.3 Å². The smallest absolute Gasteiger partial charge is 0.253 e. The van der Waals surface area contributed by atoms with Crippen molar-refractivity contribution in [3.05, 3.63) is 64.7 Å². The molecule has 0 radical (unpaired) electrons. The Morgan fingerprint density at radius 1 is 1.06 bits per heavy atom. The lowest BCUT2D eigenvalue weighted by Gasteiger charge is -2.15. The molecule has 2 aliphatic heterocycles. The minimum Gasteiger partial charge on any atom is -0.369 e. The third kappa shape index (κ3) is 3.50. The Kier molecular flexibility index (Phi) is 4.62. The molecule has 0 fully saturated rings. The molecule has 3 aromatic rings. The predicted octanol–water partition coefficient (Wildman–Crippen LogP) is 2.53. The van der Waals surface area contributed by atoms with Gasteiger partial charge >= 0.3 is 0 Å². The number of nitrogens with zero attached hydrogens (tertiary/aromatic N) is 2. The van der Waals surface area contributed by atoms with Crippen molar-refractivity contribution in [1.82, 2.24) is 20.6 Å².